The first kappa shape index (κ1) is 8.99. The van der Waals surface area contributed by atoms with Crippen LogP contribution in [0.2, 0.25) is 10.2 Å². The summed E-state index contributed by atoms with van der Waals surface area (Å²) in [6.07, 6.45) is 0. The molecule has 2 heterocycles. The highest BCUT2D eigenvalue weighted by atomic mass is 127. The predicted octanol–water partition coefficient (Wildman–Crippen LogP) is 4.21. The molecule has 5 heteroatoms. The van der Waals surface area contributed by atoms with Crippen LogP contribution in [-0.2, 0) is 0 Å². The highest BCUT2D eigenvalue weighted by Crippen LogP contribution is 2.32. The number of aromatic nitrogens is 1. The summed E-state index contributed by atoms with van der Waals surface area (Å²) in [6.45, 7) is 0. The minimum Gasteiger partial charge on any atom is -0.235 e. The molecule has 2 aromatic rings. The highest BCUT2D eigenvalue weighted by molar-refractivity contribution is 14.1. The summed E-state index contributed by atoms with van der Waals surface area (Å²) in [5.41, 5.74) is 0.877. The second-order valence-corrected chi connectivity index (χ2v) is 5.93. The van der Waals surface area contributed by atoms with Crippen molar-refractivity contribution in [1.82, 2.24) is 4.98 Å². The lowest BCUT2D eigenvalue weighted by Crippen LogP contribution is -1.74. The van der Waals surface area contributed by atoms with Crippen LogP contribution in [0.1, 0.15) is 0 Å². The number of rotatable bonds is 0. The van der Waals surface area contributed by atoms with Gasteiger partial charge in [0.15, 0.2) is 0 Å². The molecule has 2 aromatic heterocycles. The first-order valence-corrected chi connectivity index (χ1v) is 5.73. The Hall–Kier alpha value is 0.420. The van der Waals surface area contributed by atoms with Gasteiger partial charge in [-0.2, -0.15) is 0 Å². The van der Waals surface area contributed by atoms with Crippen LogP contribution in [0.15, 0.2) is 12.1 Å². The molecule has 0 saturated heterocycles. The molecule has 0 aromatic carbocycles. The van der Waals surface area contributed by atoms with Gasteiger partial charge in [0.05, 0.1) is 18.1 Å². The highest BCUT2D eigenvalue weighted by Gasteiger charge is 2.06. The van der Waals surface area contributed by atoms with Crippen LogP contribution < -0.4 is 0 Å². The van der Waals surface area contributed by atoms with E-state index in [0.29, 0.717) is 10.2 Å². The van der Waals surface area contributed by atoms with Crippen LogP contribution in [0.25, 0.3) is 10.2 Å². The van der Waals surface area contributed by atoms with Gasteiger partial charge in [-0.15, -0.1) is 11.3 Å². The van der Waals surface area contributed by atoms with Crippen molar-refractivity contribution in [3.8, 4) is 0 Å². The summed E-state index contributed by atoms with van der Waals surface area (Å²) in [5.74, 6) is 0. The molecule has 0 radical (unpaired) electrons. The largest absolute Gasteiger partial charge is 0.235 e. The van der Waals surface area contributed by atoms with Crippen LogP contribution in [0, 0.1) is 2.88 Å². The van der Waals surface area contributed by atoms with E-state index in [2.05, 4.69) is 27.6 Å². The fraction of sp³-hybridized carbons (Fsp3) is 0. The zero-order chi connectivity index (χ0) is 8.72. The average Bonchev–Trinajstić information content (AvgIpc) is 2.29. The molecule has 0 aliphatic heterocycles. The SMILES string of the molecule is Clc1cc(Cl)c2sc(I)cc2n1. The van der Waals surface area contributed by atoms with Gasteiger partial charge < -0.3 is 0 Å². The Morgan fingerprint density at radius 3 is 2.83 bits per heavy atom. The van der Waals surface area contributed by atoms with E-state index in [1.807, 2.05) is 6.07 Å². The van der Waals surface area contributed by atoms with Crippen molar-refractivity contribution in [1.29, 1.82) is 0 Å². The summed E-state index contributed by atoms with van der Waals surface area (Å²) < 4.78 is 2.17. The van der Waals surface area contributed by atoms with E-state index in [1.165, 1.54) is 2.88 Å². The Balaban J connectivity index is 2.88. The van der Waals surface area contributed by atoms with Crippen molar-refractivity contribution >= 4 is 67.3 Å². The molecular formula is C7H2Cl2INS. The van der Waals surface area contributed by atoms with Gasteiger partial charge in [0.1, 0.15) is 5.15 Å². The molecule has 0 aliphatic carbocycles. The molecule has 0 fully saturated rings. The lowest BCUT2D eigenvalue weighted by Gasteiger charge is -1.92. The number of thiophene rings is 1. The van der Waals surface area contributed by atoms with Crippen LogP contribution in [-0.4, -0.2) is 4.98 Å². The molecule has 0 atom stereocenters. The van der Waals surface area contributed by atoms with Gasteiger partial charge in [0.25, 0.3) is 0 Å². The van der Waals surface area contributed by atoms with Crippen LogP contribution >= 0.6 is 57.1 Å². The standard InChI is InChI=1S/C7H2Cl2INS/c8-3-1-5(9)11-4-2-6(10)12-7(3)4/h1-2H. The average molecular weight is 330 g/mol. The summed E-state index contributed by atoms with van der Waals surface area (Å²) in [7, 11) is 0. The van der Waals surface area contributed by atoms with Crippen LogP contribution in [0.5, 0.6) is 0 Å². The van der Waals surface area contributed by atoms with Crippen molar-refractivity contribution < 1.29 is 0 Å². The van der Waals surface area contributed by atoms with E-state index >= 15 is 0 Å². The summed E-state index contributed by atoms with van der Waals surface area (Å²) in [4.78, 5) is 4.14. The predicted molar refractivity (Wildman–Crippen MR) is 62.4 cm³/mol. The molecule has 0 bridgehead atoms. The second kappa shape index (κ2) is 3.29. The number of nitrogens with zero attached hydrogens (tertiary/aromatic N) is 1. The number of pyridine rings is 1. The van der Waals surface area contributed by atoms with Crippen molar-refractivity contribution in [3.05, 3.63) is 25.2 Å². The number of fused-ring (bicyclic) bond motifs is 1. The minimum absolute atomic E-state index is 0.446. The van der Waals surface area contributed by atoms with Crippen LogP contribution in [0.4, 0.5) is 0 Å². The summed E-state index contributed by atoms with van der Waals surface area (Å²) in [6, 6.07) is 3.64. The van der Waals surface area contributed by atoms with Crippen LogP contribution in [0.3, 0.4) is 0 Å². The van der Waals surface area contributed by atoms with Gasteiger partial charge in [-0.05, 0) is 34.7 Å². The van der Waals surface area contributed by atoms with E-state index in [9.17, 15) is 0 Å². The molecule has 0 N–H and O–H groups in total. The lowest BCUT2D eigenvalue weighted by molar-refractivity contribution is 1.43. The molecule has 0 spiro atoms. The molecule has 2 rings (SSSR count). The Morgan fingerprint density at radius 2 is 2.08 bits per heavy atom. The summed E-state index contributed by atoms with van der Waals surface area (Å²) >= 11 is 15.6. The maximum Gasteiger partial charge on any atom is 0.131 e. The van der Waals surface area contributed by atoms with E-state index in [4.69, 9.17) is 23.2 Å². The second-order valence-electron chi connectivity index (χ2n) is 2.19. The normalized spacial score (nSPS) is 10.9. The maximum absolute atomic E-state index is 5.96. The number of hydrogen-bond donors (Lipinski definition) is 0. The van der Waals surface area contributed by atoms with Gasteiger partial charge in [-0.1, -0.05) is 23.2 Å². The fourth-order valence-electron chi connectivity index (χ4n) is 0.924. The molecule has 62 valence electrons. The van der Waals surface area contributed by atoms with Gasteiger partial charge in [0.2, 0.25) is 0 Å². The Labute approximate surface area is 96.8 Å². The third-order valence-electron chi connectivity index (χ3n) is 1.37. The molecule has 12 heavy (non-hydrogen) atoms. The third-order valence-corrected chi connectivity index (χ3v) is 3.89. The monoisotopic (exact) mass is 329 g/mol. The van der Waals surface area contributed by atoms with Crippen molar-refractivity contribution in [2.24, 2.45) is 0 Å². The smallest absolute Gasteiger partial charge is 0.131 e. The maximum atomic E-state index is 5.96. The quantitative estimate of drug-likeness (QED) is 0.521. The Kier molecular flexibility index (Phi) is 2.46. The molecule has 1 nitrogen and oxygen atoms in total. The van der Waals surface area contributed by atoms with E-state index < -0.39 is 0 Å². The Bertz CT molecular complexity index is 440. The van der Waals surface area contributed by atoms with Crippen molar-refractivity contribution in [2.75, 3.05) is 0 Å². The third kappa shape index (κ3) is 1.55. The van der Waals surface area contributed by atoms with E-state index in [0.717, 1.165) is 10.2 Å². The number of hydrogen-bond acceptors (Lipinski definition) is 2. The molecule has 0 aliphatic rings. The van der Waals surface area contributed by atoms with Gasteiger partial charge in [-0.25, -0.2) is 4.98 Å². The summed E-state index contributed by atoms with van der Waals surface area (Å²) in [5, 5.41) is 1.12. The molecular weight excluding hydrogens is 328 g/mol. The van der Waals surface area contributed by atoms with E-state index in [1.54, 1.807) is 17.4 Å². The minimum atomic E-state index is 0.446. The van der Waals surface area contributed by atoms with Gasteiger partial charge in [-0.3, -0.25) is 0 Å². The fourth-order valence-corrected chi connectivity index (χ4v) is 3.18. The number of halogens is 3. The molecule has 0 unspecified atom stereocenters. The van der Waals surface area contributed by atoms with Crippen molar-refractivity contribution in [3.63, 3.8) is 0 Å². The first-order valence-electron chi connectivity index (χ1n) is 3.08. The van der Waals surface area contributed by atoms with Gasteiger partial charge >= 0.3 is 0 Å². The first-order chi connectivity index (χ1) is 5.66. The van der Waals surface area contributed by atoms with E-state index in [-0.39, 0.29) is 0 Å². The molecule has 0 amide bonds. The van der Waals surface area contributed by atoms with Gasteiger partial charge in [0, 0.05) is 0 Å². The molecule has 0 saturated carbocycles. The Morgan fingerprint density at radius 1 is 1.33 bits per heavy atom. The lowest BCUT2D eigenvalue weighted by atomic mass is 10.4. The topological polar surface area (TPSA) is 12.9 Å². The van der Waals surface area contributed by atoms with Crippen molar-refractivity contribution in [2.45, 2.75) is 0 Å². The zero-order valence-electron chi connectivity index (χ0n) is 5.64. The zero-order valence-corrected chi connectivity index (χ0v) is 10.1.